The topological polar surface area (TPSA) is 72.2 Å². The minimum Gasteiger partial charge on any atom is -0.398 e. The molecule has 4 nitrogen and oxygen atoms in total. The molecule has 0 radical (unpaired) electrons. The van der Waals surface area contributed by atoms with Gasteiger partial charge in [-0.15, -0.1) is 0 Å². The number of hydrogen-bond acceptors (Lipinski definition) is 4. The highest BCUT2D eigenvalue weighted by atomic mass is 79.9. The summed E-state index contributed by atoms with van der Waals surface area (Å²) in [6.45, 7) is 0.443. The fourth-order valence-corrected chi connectivity index (χ4v) is 6.83. The van der Waals surface area contributed by atoms with Crippen LogP contribution in [0.25, 0.3) is 0 Å². The molecule has 0 aromatic heterocycles. The molecule has 0 spiro atoms. The molecule has 1 fully saturated rings. The smallest absolute Gasteiger partial charge is 0.243 e. The van der Waals surface area contributed by atoms with Crippen LogP contribution in [0.1, 0.15) is 25.7 Å². The molecule has 2 rings (SSSR count). The van der Waals surface area contributed by atoms with Gasteiger partial charge in [0.05, 0.1) is 5.69 Å². The van der Waals surface area contributed by atoms with Crippen molar-refractivity contribution in [1.29, 1.82) is 0 Å². The van der Waals surface area contributed by atoms with E-state index in [-0.39, 0.29) is 15.3 Å². The molecule has 0 unspecified atom stereocenters. The van der Waals surface area contributed by atoms with E-state index >= 15 is 0 Å². The molecule has 0 saturated heterocycles. The summed E-state index contributed by atoms with van der Waals surface area (Å²) in [7, 11) is -3.63. The zero-order chi connectivity index (χ0) is 15.7. The summed E-state index contributed by atoms with van der Waals surface area (Å²) in [4.78, 5) is 0.111. The number of thioether (sulfide) groups is 1. The van der Waals surface area contributed by atoms with Crippen LogP contribution in [0.2, 0.25) is 0 Å². The minimum atomic E-state index is -3.63. The molecule has 1 aliphatic rings. The normalized spacial score (nSPS) is 18.0. The van der Waals surface area contributed by atoms with Crippen molar-refractivity contribution in [3.05, 3.63) is 21.1 Å². The van der Waals surface area contributed by atoms with Crippen molar-refractivity contribution in [2.75, 3.05) is 18.5 Å². The summed E-state index contributed by atoms with van der Waals surface area (Å²) in [6, 6.07) is 3.28. The van der Waals surface area contributed by atoms with E-state index in [1.54, 1.807) is 23.9 Å². The molecule has 3 N–H and O–H groups in total. The Morgan fingerprint density at radius 3 is 2.48 bits per heavy atom. The van der Waals surface area contributed by atoms with Crippen LogP contribution in [0, 0.1) is 0 Å². The molecule has 0 bridgehead atoms. The Morgan fingerprint density at radius 2 is 1.95 bits per heavy atom. The Morgan fingerprint density at radius 1 is 1.33 bits per heavy atom. The molecule has 0 atom stereocenters. The zero-order valence-corrected chi connectivity index (χ0v) is 16.5. The Kier molecular flexibility index (Phi) is 5.68. The van der Waals surface area contributed by atoms with E-state index in [2.05, 4.69) is 36.6 Å². The molecule has 0 heterocycles. The highest BCUT2D eigenvalue weighted by molar-refractivity contribution is 9.11. The number of nitrogen functional groups attached to an aromatic ring is 1. The predicted octanol–water partition coefficient (Wildman–Crippen LogP) is 3.75. The molecular weight excluding hydrogens is 440 g/mol. The third-order valence-electron chi connectivity index (χ3n) is 3.84. The van der Waals surface area contributed by atoms with Gasteiger partial charge in [0.1, 0.15) is 4.90 Å². The van der Waals surface area contributed by atoms with Gasteiger partial charge >= 0.3 is 0 Å². The summed E-state index contributed by atoms with van der Waals surface area (Å²) < 4.78 is 29.1. The maximum atomic E-state index is 12.6. The van der Waals surface area contributed by atoms with Crippen LogP contribution in [0.15, 0.2) is 26.0 Å². The second-order valence-electron chi connectivity index (χ2n) is 5.22. The third kappa shape index (κ3) is 3.96. The summed E-state index contributed by atoms with van der Waals surface area (Å²) in [5.41, 5.74) is 6.10. The van der Waals surface area contributed by atoms with Crippen molar-refractivity contribution < 1.29 is 8.42 Å². The standard InChI is InChI=1S/C13H18Br2N2O2S2/c1-20-13(4-2-3-5-13)8-17-21(18,19)12-10(15)6-9(14)7-11(12)16/h6-7,17H,2-5,8,16H2,1H3. The van der Waals surface area contributed by atoms with E-state index in [9.17, 15) is 8.42 Å². The monoisotopic (exact) mass is 456 g/mol. The van der Waals surface area contributed by atoms with Crippen molar-refractivity contribution in [3.63, 3.8) is 0 Å². The van der Waals surface area contributed by atoms with Crippen LogP contribution < -0.4 is 10.5 Å². The fourth-order valence-electron chi connectivity index (χ4n) is 2.63. The first kappa shape index (κ1) is 17.6. The molecule has 8 heteroatoms. The molecular formula is C13H18Br2N2O2S2. The molecule has 0 amide bonds. The lowest BCUT2D eigenvalue weighted by Gasteiger charge is -2.27. The van der Waals surface area contributed by atoms with Crippen LogP contribution >= 0.6 is 43.6 Å². The Balaban J connectivity index is 2.23. The van der Waals surface area contributed by atoms with Gasteiger partial charge < -0.3 is 5.73 Å². The molecule has 1 saturated carbocycles. The highest BCUT2D eigenvalue weighted by Gasteiger charge is 2.35. The maximum Gasteiger partial charge on any atom is 0.243 e. The van der Waals surface area contributed by atoms with Crippen molar-refractivity contribution in [1.82, 2.24) is 4.72 Å². The Labute approximate surface area is 146 Å². The van der Waals surface area contributed by atoms with Gasteiger partial charge in [0.15, 0.2) is 0 Å². The van der Waals surface area contributed by atoms with Crippen LogP contribution in [-0.2, 0) is 10.0 Å². The number of benzene rings is 1. The molecule has 1 aliphatic carbocycles. The van der Waals surface area contributed by atoms with Crippen molar-refractivity contribution in [3.8, 4) is 0 Å². The van der Waals surface area contributed by atoms with Crippen molar-refractivity contribution in [2.45, 2.75) is 35.3 Å². The van der Waals surface area contributed by atoms with Crippen LogP contribution in [-0.4, -0.2) is 26.0 Å². The van der Waals surface area contributed by atoms with E-state index in [0.29, 0.717) is 11.0 Å². The van der Waals surface area contributed by atoms with Gasteiger partial charge in [-0.25, -0.2) is 13.1 Å². The summed E-state index contributed by atoms with van der Waals surface area (Å²) >= 11 is 8.33. The van der Waals surface area contributed by atoms with E-state index in [1.165, 1.54) is 0 Å². The maximum absolute atomic E-state index is 12.6. The largest absolute Gasteiger partial charge is 0.398 e. The predicted molar refractivity (Wildman–Crippen MR) is 96.2 cm³/mol. The average molecular weight is 458 g/mol. The average Bonchev–Trinajstić information content (AvgIpc) is 2.84. The lowest BCUT2D eigenvalue weighted by molar-refractivity contribution is 0.551. The number of hydrogen-bond donors (Lipinski definition) is 2. The van der Waals surface area contributed by atoms with E-state index in [0.717, 1.165) is 30.2 Å². The van der Waals surface area contributed by atoms with E-state index in [4.69, 9.17) is 5.73 Å². The summed E-state index contributed by atoms with van der Waals surface area (Å²) in [6.07, 6.45) is 6.46. The number of anilines is 1. The van der Waals surface area contributed by atoms with Crippen molar-refractivity contribution in [2.24, 2.45) is 0 Å². The second-order valence-corrected chi connectivity index (χ2v) is 9.97. The number of halogens is 2. The van der Waals surface area contributed by atoms with Gasteiger partial charge in [-0.3, -0.25) is 0 Å². The number of nitrogens with two attached hydrogens (primary N) is 1. The summed E-state index contributed by atoms with van der Waals surface area (Å²) in [5, 5.41) is 0. The first-order valence-corrected chi connectivity index (χ1v) is 10.9. The summed E-state index contributed by atoms with van der Waals surface area (Å²) in [5.74, 6) is 0. The SMILES string of the molecule is CSC1(CNS(=O)(=O)c2c(N)cc(Br)cc2Br)CCCC1. The highest BCUT2D eigenvalue weighted by Crippen LogP contribution is 2.40. The minimum absolute atomic E-state index is 0.0175. The van der Waals surface area contributed by atoms with Gasteiger partial charge in [-0.2, -0.15) is 11.8 Å². The number of rotatable bonds is 5. The van der Waals surface area contributed by atoms with E-state index in [1.807, 2.05) is 6.26 Å². The molecule has 1 aromatic rings. The first-order valence-electron chi connectivity index (χ1n) is 6.59. The third-order valence-corrected chi connectivity index (χ3v) is 8.12. The van der Waals surface area contributed by atoms with Crippen LogP contribution in [0.3, 0.4) is 0 Å². The number of nitrogens with one attached hydrogen (secondary N) is 1. The lowest BCUT2D eigenvalue weighted by atomic mass is 10.1. The first-order chi connectivity index (χ1) is 9.80. The Bertz CT molecular complexity index is 606. The van der Waals surface area contributed by atoms with Gasteiger partial charge in [0.25, 0.3) is 0 Å². The van der Waals surface area contributed by atoms with Crippen LogP contribution in [0.4, 0.5) is 5.69 Å². The van der Waals surface area contributed by atoms with Crippen LogP contribution in [0.5, 0.6) is 0 Å². The number of sulfonamides is 1. The van der Waals surface area contributed by atoms with Gasteiger partial charge in [0, 0.05) is 20.2 Å². The fraction of sp³-hybridized carbons (Fsp3) is 0.538. The Hall–Kier alpha value is 0.240. The second kappa shape index (κ2) is 6.78. The quantitative estimate of drug-likeness (QED) is 0.660. The molecule has 21 heavy (non-hydrogen) atoms. The molecule has 118 valence electrons. The lowest BCUT2D eigenvalue weighted by Crippen LogP contribution is -2.38. The molecule has 1 aromatic carbocycles. The zero-order valence-electron chi connectivity index (χ0n) is 11.7. The van der Waals surface area contributed by atoms with Crippen molar-refractivity contribution >= 4 is 59.3 Å². The van der Waals surface area contributed by atoms with Gasteiger partial charge in [0.2, 0.25) is 10.0 Å². The molecule has 0 aliphatic heterocycles. The van der Waals surface area contributed by atoms with Gasteiger partial charge in [-0.1, -0.05) is 28.8 Å². The van der Waals surface area contributed by atoms with Gasteiger partial charge in [-0.05, 0) is 47.2 Å². The van der Waals surface area contributed by atoms with E-state index < -0.39 is 10.0 Å².